The first-order valence-corrected chi connectivity index (χ1v) is 11.7. The summed E-state index contributed by atoms with van der Waals surface area (Å²) in [6.45, 7) is 2.53. The fourth-order valence-corrected chi connectivity index (χ4v) is 4.00. The lowest BCUT2D eigenvalue weighted by atomic mass is 9.99. The molecule has 3 aromatic carbocycles. The van der Waals surface area contributed by atoms with Gasteiger partial charge in [0.25, 0.3) is 11.8 Å². The van der Waals surface area contributed by atoms with Crippen LogP contribution >= 0.6 is 0 Å². The number of fused-ring (bicyclic) bond motifs is 3. The molecule has 0 saturated carbocycles. The zero-order valence-corrected chi connectivity index (χ0v) is 19.8. The summed E-state index contributed by atoms with van der Waals surface area (Å²) in [7, 11) is 1.65. The highest BCUT2D eigenvalue weighted by atomic mass is 16.5. The minimum absolute atomic E-state index is 0.133. The van der Waals surface area contributed by atoms with Crippen LogP contribution in [0, 0.1) is 0 Å². The van der Waals surface area contributed by atoms with Crippen LogP contribution in [0.1, 0.15) is 43.0 Å². The third-order valence-electron chi connectivity index (χ3n) is 5.78. The quantitative estimate of drug-likeness (QED) is 0.591. The molecule has 7 nitrogen and oxygen atoms in total. The van der Waals surface area contributed by atoms with Gasteiger partial charge in [-0.25, -0.2) is 0 Å². The van der Waals surface area contributed by atoms with E-state index in [1.807, 2.05) is 54.6 Å². The second-order valence-electron chi connectivity index (χ2n) is 8.30. The fourth-order valence-electron chi connectivity index (χ4n) is 4.00. The van der Waals surface area contributed by atoms with Gasteiger partial charge in [-0.05, 0) is 52.6 Å². The van der Waals surface area contributed by atoms with Crippen LogP contribution < -0.4 is 15.4 Å². The molecule has 0 aromatic heterocycles. The Balaban J connectivity index is 1.55. The molecule has 0 spiro atoms. The molecule has 2 amide bonds. The van der Waals surface area contributed by atoms with Crippen molar-refractivity contribution in [2.24, 2.45) is 0 Å². The normalized spacial score (nSPS) is 14.1. The number of nitrogens with one attached hydrogen (secondary N) is 2. The van der Waals surface area contributed by atoms with E-state index in [4.69, 9.17) is 14.2 Å². The van der Waals surface area contributed by atoms with Crippen LogP contribution in [-0.2, 0) is 29.0 Å². The molecule has 35 heavy (non-hydrogen) atoms. The van der Waals surface area contributed by atoms with Crippen LogP contribution in [0.5, 0.6) is 5.75 Å². The van der Waals surface area contributed by atoms with E-state index in [0.29, 0.717) is 62.8 Å². The van der Waals surface area contributed by atoms with Crippen LogP contribution in [0.3, 0.4) is 0 Å². The number of hydrogen-bond acceptors (Lipinski definition) is 5. The van der Waals surface area contributed by atoms with E-state index in [-0.39, 0.29) is 11.8 Å². The first-order valence-electron chi connectivity index (χ1n) is 11.7. The molecule has 1 heterocycles. The van der Waals surface area contributed by atoms with Crippen molar-refractivity contribution < 1.29 is 23.8 Å². The van der Waals surface area contributed by atoms with Crippen LogP contribution in [0.15, 0.2) is 66.7 Å². The molecule has 0 radical (unpaired) electrons. The second kappa shape index (κ2) is 12.1. The summed E-state index contributed by atoms with van der Waals surface area (Å²) in [6.07, 6.45) is 0.523. The Labute approximate surface area is 205 Å². The molecule has 1 aliphatic rings. The number of hydrogen-bond donors (Lipinski definition) is 2. The Morgan fingerprint density at radius 1 is 1.00 bits per heavy atom. The molecular weight excluding hydrogens is 444 g/mol. The maximum Gasteiger partial charge on any atom is 0.251 e. The van der Waals surface area contributed by atoms with Gasteiger partial charge in [0, 0.05) is 37.7 Å². The molecule has 182 valence electrons. The van der Waals surface area contributed by atoms with Gasteiger partial charge in [-0.15, -0.1) is 0 Å². The van der Waals surface area contributed by atoms with E-state index >= 15 is 0 Å². The summed E-state index contributed by atoms with van der Waals surface area (Å²) in [5.41, 5.74) is 5.01. The Kier molecular flexibility index (Phi) is 8.48. The first-order chi connectivity index (χ1) is 17.1. The number of carbonyl (C=O) groups excluding carboxylic acids is 2. The van der Waals surface area contributed by atoms with Gasteiger partial charge >= 0.3 is 0 Å². The van der Waals surface area contributed by atoms with Gasteiger partial charge in [0.05, 0.1) is 19.8 Å². The lowest BCUT2D eigenvalue weighted by molar-refractivity contribution is 0.0865. The van der Waals surface area contributed by atoms with Crippen molar-refractivity contribution in [1.29, 1.82) is 0 Å². The van der Waals surface area contributed by atoms with Crippen molar-refractivity contribution in [3.05, 3.63) is 100 Å². The zero-order valence-electron chi connectivity index (χ0n) is 19.8. The average molecular weight is 475 g/mol. The van der Waals surface area contributed by atoms with Crippen molar-refractivity contribution in [3.8, 4) is 5.75 Å². The van der Waals surface area contributed by atoms with Gasteiger partial charge in [-0.3, -0.25) is 9.59 Å². The largest absolute Gasteiger partial charge is 0.491 e. The second-order valence-corrected chi connectivity index (χ2v) is 8.30. The molecule has 2 N–H and O–H groups in total. The minimum Gasteiger partial charge on any atom is -0.491 e. The van der Waals surface area contributed by atoms with Crippen molar-refractivity contribution in [2.45, 2.75) is 19.6 Å². The molecule has 0 fully saturated rings. The number of carbonyl (C=O) groups is 2. The van der Waals surface area contributed by atoms with Gasteiger partial charge in [0.1, 0.15) is 12.4 Å². The van der Waals surface area contributed by atoms with E-state index < -0.39 is 0 Å². The lowest BCUT2D eigenvalue weighted by Gasteiger charge is -2.16. The molecular formula is C28H30N2O5. The predicted molar refractivity (Wildman–Crippen MR) is 133 cm³/mol. The number of methoxy groups -OCH3 is 1. The summed E-state index contributed by atoms with van der Waals surface area (Å²) in [6, 6.07) is 20.8. The summed E-state index contributed by atoms with van der Waals surface area (Å²) in [5, 5.41) is 5.87. The molecule has 0 saturated heterocycles. The first kappa shape index (κ1) is 24.4. The Morgan fingerprint density at radius 3 is 2.71 bits per heavy atom. The molecule has 2 bridgehead atoms. The van der Waals surface area contributed by atoms with Gasteiger partial charge in [0.15, 0.2) is 0 Å². The predicted octanol–water partition coefficient (Wildman–Crippen LogP) is 3.49. The number of ether oxygens (including phenoxy) is 3. The van der Waals surface area contributed by atoms with E-state index in [2.05, 4.69) is 10.6 Å². The number of benzene rings is 3. The van der Waals surface area contributed by atoms with Crippen molar-refractivity contribution >= 4 is 11.8 Å². The molecule has 0 aliphatic carbocycles. The monoisotopic (exact) mass is 474 g/mol. The van der Waals surface area contributed by atoms with E-state index in [0.717, 1.165) is 22.3 Å². The van der Waals surface area contributed by atoms with Gasteiger partial charge in [-0.2, -0.15) is 0 Å². The van der Waals surface area contributed by atoms with Gasteiger partial charge in [0.2, 0.25) is 0 Å². The summed E-state index contributed by atoms with van der Waals surface area (Å²) < 4.78 is 16.8. The zero-order chi connectivity index (χ0) is 24.5. The van der Waals surface area contributed by atoms with E-state index in [9.17, 15) is 9.59 Å². The molecule has 0 unspecified atom stereocenters. The van der Waals surface area contributed by atoms with Crippen LogP contribution in [0.25, 0.3) is 0 Å². The Hall–Kier alpha value is -3.68. The third kappa shape index (κ3) is 6.68. The molecule has 0 atom stereocenters. The third-order valence-corrected chi connectivity index (χ3v) is 5.78. The highest BCUT2D eigenvalue weighted by Gasteiger charge is 2.14. The Bertz CT molecular complexity index is 1180. The maximum atomic E-state index is 13.0. The molecule has 3 aromatic rings. The van der Waals surface area contributed by atoms with E-state index in [1.165, 1.54) is 0 Å². The highest BCUT2D eigenvalue weighted by molar-refractivity contribution is 5.95. The van der Waals surface area contributed by atoms with Crippen molar-refractivity contribution in [3.63, 3.8) is 0 Å². The topological polar surface area (TPSA) is 85.9 Å². The minimum atomic E-state index is -0.170. The summed E-state index contributed by atoms with van der Waals surface area (Å²) >= 11 is 0. The van der Waals surface area contributed by atoms with Crippen molar-refractivity contribution in [1.82, 2.24) is 10.6 Å². The van der Waals surface area contributed by atoms with E-state index in [1.54, 1.807) is 19.2 Å². The van der Waals surface area contributed by atoms with Gasteiger partial charge < -0.3 is 24.8 Å². The van der Waals surface area contributed by atoms with Crippen LogP contribution in [0.4, 0.5) is 0 Å². The molecule has 4 rings (SSSR count). The summed E-state index contributed by atoms with van der Waals surface area (Å²) in [5.74, 6) is 0.393. The SMILES string of the molecule is COCc1ccccc1CNC(=O)c1ccc2c(c1)Cc1cccc(c1)C(=O)NCCOCCO2. The average Bonchev–Trinajstić information content (AvgIpc) is 2.88. The van der Waals surface area contributed by atoms with Crippen molar-refractivity contribution in [2.75, 3.05) is 33.5 Å². The van der Waals surface area contributed by atoms with Crippen LogP contribution in [-0.4, -0.2) is 45.3 Å². The van der Waals surface area contributed by atoms with Gasteiger partial charge in [-0.1, -0.05) is 36.4 Å². The summed E-state index contributed by atoms with van der Waals surface area (Å²) in [4.78, 5) is 25.4. The number of amides is 2. The fraction of sp³-hybridized carbons (Fsp3) is 0.286. The highest BCUT2D eigenvalue weighted by Crippen LogP contribution is 2.24. The maximum absolute atomic E-state index is 13.0. The molecule has 1 aliphatic heterocycles. The lowest BCUT2D eigenvalue weighted by Crippen LogP contribution is -2.28. The standard InChI is InChI=1S/C28H30N2O5/c1-33-19-24-7-3-2-6-23(24)18-30-28(32)22-9-10-26-25(17-22)16-20-5-4-8-21(15-20)27(31)29-11-12-34-13-14-35-26/h2-10,15,17H,11-14,16,18-19H2,1H3,(H,29,31)(H,30,32). The Morgan fingerprint density at radius 2 is 1.86 bits per heavy atom. The molecule has 7 heteroatoms. The smallest absolute Gasteiger partial charge is 0.251 e. The number of rotatable bonds is 5. The van der Waals surface area contributed by atoms with Crippen LogP contribution in [0.2, 0.25) is 0 Å².